The van der Waals surface area contributed by atoms with E-state index in [1.807, 2.05) is 29.8 Å². The van der Waals surface area contributed by atoms with Crippen LogP contribution in [0.3, 0.4) is 0 Å². The van der Waals surface area contributed by atoms with Crippen molar-refractivity contribution in [1.82, 2.24) is 13.8 Å². The lowest BCUT2D eigenvalue weighted by Gasteiger charge is -2.24. The van der Waals surface area contributed by atoms with Crippen LogP contribution >= 0.6 is 0 Å². The fourth-order valence-electron chi connectivity index (χ4n) is 2.99. The van der Waals surface area contributed by atoms with Gasteiger partial charge in [-0.15, -0.1) is 0 Å². The zero-order chi connectivity index (χ0) is 19.6. The van der Waals surface area contributed by atoms with Crippen LogP contribution in [0.5, 0.6) is 0 Å². The first kappa shape index (κ1) is 19.6. The molecule has 0 bridgehead atoms. The third kappa shape index (κ3) is 4.40. The summed E-state index contributed by atoms with van der Waals surface area (Å²) >= 11 is 0. The first-order valence-electron chi connectivity index (χ1n) is 8.80. The largest absolute Gasteiger partial charge is 0.365 e. The molecule has 1 unspecified atom stereocenters. The number of fused-ring (bicyclic) bond motifs is 1. The molecule has 8 heteroatoms. The Hall–Kier alpha value is -2.16. The van der Waals surface area contributed by atoms with E-state index >= 15 is 0 Å². The molecule has 2 heterocycles. The van der Waals surface area contributed by atoms with Crippen molar-refractivity contribution in [1.29, 1.82) is 0 Å². The summed E-state index contributed by atoms with van der Waals surface area (Å²) in [5, 5.41) is 0. The second kappa shape index (κ2) is 7.84. The second-order valence-corrected chi connectivity index (χ2v) is 8.92. The molecular formula is C19H25N3O4S. The van der Waals surface area contributed by atoms with Crippen LogP contribution in [0.15, 0.2) is 47.5 Å². The molecule has 1 aromatic heterocycles. The average Bonchev–Trinajstić information content (AvgIpc) is 2.97. The molecule has 0 spiro atoms. The van der Waals surface area contributed by atoms with Gasteiger partial charge in [-0.25, -0.2) is 8.42 Å². The number of carbonyl (C=O) groups excluding carboxylic acids is 1. The standard InChI is InChI=1S/C19H25N3O4S/c1-15-6-8-18(9-7-15)27(24,25)22-11-16-5-4-10-21(16)12-17(13-22)26-14-19(23)20(2)3/h4-10,17H,11-14H2,1-3H3. The van der Waals surface area contributed by atoms with Crippen LogP contribution in [0.1, 0.15) is 11.3 Å². The minimum atomic E-state index is -3.67. The van der Waals surface area contributed by atoms with Gasteiger partial charge in [0, 0.05) is 39.1 Å². The van der Waals surface area contributed by atoms with Gasteiger partial charge in [0.2, 0.25) is 15.9 Å². The molecule has 1 aliphatic rings. The summed E-state index contributed by atoms with van der Waals surface area (Å²) in [4.78, 5) is 13.6. The number of aryl methyl sites for hydroxylation is 1. The van der Waals surface area contributed by atoms with Gasteiger partial charge in [0.15, 0.2) is 0 Å². The Balaban J connectivity index is 1.85. The summed E-state index contributed by atoms with van der Waals surface area (Å²) in [6.45, 7) is 2.81. The van der Waals surface area contributed by atoms with E-state index in [0.29, 0.717) is 6.54 Å². The number of carbonyl (C=O) groups is 1. The summed E-state index contributed by atoms with van der Waals surface area (Å²) in [7, 11) is -0.339. The lowest BCUT2D eigenvalue weighted by atomic mass is 10.2. The summed E-state index contributed by atoms with van der Waals surface area (Å²) < 4.78 is 35.5. The normalized spacial score (nSPS) is 18.0. The molecule has 0 fully saturated rings. The molecule has 0 N–H and O–H groups in total. The van der Waals surface area contributed by atoms with Gasteiger partial charge in [-0.3, -0.25) is 4.79 Å². The Labute approximate surface area is 160 Å². The number of benzene rings is 1. The first-order chi connectivity index (χ1) is 12.8. The first-order valence-corrected chi connectivity index (χ1v) is 10.2. The molecule has 1 aromatic carbocycles. The third-order valence-electron chi connectivity index (χ3n) is 4.67. The number of ether oxygens (including phenoxy) is 1. The molecule has 0 radical (unpaired) electrons. The van der Waals surface area contributed by atoms with E-state index in [4.69, 9.17) is 4.74 Å². The topological polar surface area (TPSA) is 71.9 Å². The van der Waals surface area contributed by atoms with Gasteiger partial charge in [-0.05, 0) is 31.2 Å². The van der Waals surface area contributed by atoms with E-state index in [9.17, 15) is 13.2 Å². The summed E-state index contributed by atoms with van der Waals surface area (Å²) in [5.41, 5.74) is 1.90. The lowest BCUT2D eigenvalue weighted by Crippen LogP contribution is -2.39. The van der Waals surface area contributed by atoms with E-state index in [1.165, 1.54) is 9.21 Å². The van der Waals surface area contributed by atoms with E-state index in [-0.39, 0.29) is 30.5 Å². The van der Waals surface area contributed by atoms with Crippen LogP contribution in [0.2, 0.25) is 0 Å². The maximum absolute atomic E-state index is 13.2. The number of likely N-dealkylation sites (N-methyl/N-ethyl adjacent to an activating group) is 1. The quantitative estimate of drug-likeness (QED) is 0.774. The van der Waals surface area contributed by atoms with Gasteiger partial charge in [0.1, 0.15) is 6.61 Å². The second-order valence-electron chi connectivity index (χ2n) is 6.98. The SMILES string of the molecule is Cc1ccc(S(=O)(=O)N2Cc3cccn3CC(OCC(=O)N(C)C)C2)cc1. The highest BCUT2D eigenvalue weighted by atomic mass is 32.2. The number of hydrogen-bond donors (Lipinski definition) is 0. The van der Waals surface area contributed by atoms with E-state index in [2.05, 4.69) is 0 Å². The van der Waals surface area contributed by atoms with Gasteiger partial charge in [-0.1, -0.05) is 17.7 Å². The van der Waals surface area contributed by atoms with Crippen LogP contribution in [0.4, 0.5) is 0 Å². The molecule has 0 aliphatic carbocycles. The lowest BCUT2D eigenvalue weighted by molar-refractivity contribution is -0.136. The number of amides is 1. The van der Waals surface area contributed by atoms with Gasteiger partial charge in [0.05, 0.1) is 17.5 Å². The highest BCUT2D eigenvalue weighted by Crippen LogP contribution is 2.23. The Bertz CT molecular complexity index is 903. The molecule has 2 aromatic rings. The molecule has 27 heavy (non-hydrogen) atoms. The van der Waals surface area contributed by atoms with Crippen molar-refractivity contribution in [2.75, 3.05) is 27.2 Å². The summed E-state index contributed by atoms with van der Waals surface area (Å²) in [6, 6.07) is 10.6. The molecule has 1 atom stereocenters. The minimum absolute atomic E-state index is 0.0767. The molecule has 1 aliphatic heterocycles. The Morgan fingerprint density at radius 3 is 2.56 bits per heavy atom. The number of sulfonamides is 1. The molecule has 7 nitrogen and oxygen atoms in total. The molecule has 146 valence electrons. The monoisotopic (exact) mass is 391 g/mol. The molecular weight excluding hydrogens is 366 g/mol. The molecule has 3 rings (SSSR count). The Morgan fingerprint density at radius 2 is 1.89 bits per heavy atom. The summed E-state index contributed by atoms with van der Waals surface area (Å²) in [6.07, 6.45) is 1.49. The maximum Gasteiger partial charge on any atom is 0.248 e. The van der Waals surface area contributed by atoms with Crippen molar-refractivity contribution in [3.8, 4) is 0 Å². The number of aromatic nitrogens is 1. The fraction of sp³-hybridized carbons (Fsp3) is 0.421. The smallest absolute Gasteiger partial charge is 0.248 e. The van der Waals surface area contributed by atoms with E-state index in [0.717, 1.165) is 11.3 Å². The van der Waals surface area contributed by atoms with Crippen molar-refractivity contribution in [3.63, 3.8) is 0 Å². The zero-order valence-electron chi connectivity index (χ0n) is 15.8. The number of rotatable bonds is 5. The highest BCUT2D eigenvalue weighted by Gasteiger charge is 2.31. The highest BCUT2D eigenvalue weighted by molar-refractivity contribution is 7.89. The van der Waals surface area contributed by atoms with Crippen LogP contribution in [0, 0.1) is 6.92 Å². The van der Waals surface area contributed by atoms with E-state index < -0.39 is 16.1 Å². The van der Waals surface area contributed by atoms with Crippen LogP contribution in [-0.4, -0.2) is 61.4 Å². The summed E-state index contributed by atoms with van der Waals surface area (Å²) in [5.74, 6) is -0.153. The van der Waals surface area contributed by atoms with Gasteiger partial charge in [-0.2, -0.15) is 4.31 Å². The van der Waals surface area contributed by atoms with Crippen LogP contribution in [-0.2, 0) is 32.6 Å². The van der Waals surface area contributed by atoms with Gasteiger partial charge < -0.3 is 14.2 Å². The zero-order valence-corrected chi connectivity index (χ0v) is 16.6. The van der Waals surface area contributed by atoms with E-state index in [1.54, 1.807) is 38.4 Å². The van der Waals surface area contributed by atoms with Gasteiger partial charge >= 0.3 is 0 Å². The van der Waals surface area contributed by atoms with Crippen molar-refractivity contribution in [3.05, 3.63) is 53.9 Å². The third-order valence-corrected chi connectivity index (χ3v) is 6.50. The van der Waals surface area contributed by atoms with Gasteiger partial charge in [0.25, 0.3) is 0 Å². The Morgan fingerprint density at radius 1 is 1.19 bits per heavy atom. The Kier molecular flexibility index (Phi) is 5.69. The fourth-order valence-corrected chi connectivity index (χ4v) is 4.43. The average molecular weight is 391 g/mol. The molecule has 1 amide bonds. The number of hydrogen-bond acceptors (Lipinski definition) is 4. The van der Waals surface area contributed by atoms with Crippen molar-refractivity contribution >= 4 is 15.9 Å². The molecule has 0 saturated heterocycles. The van der Waals surface area contributed by atoms with Crippen molar-refractivity contribution in [2.45, 2.75) is 31.0 Å². The predicted molar refractivity (Wildman–Crippen MR) is 102 cm³/mol. The minimum Gasteiger partial charge on any atom is -0.365 e. The number of nitrogens with zero attached hydrogens (tertiary/aromatic N) is 3. The van der Waals surface area contributed by atoms with Crippen LogP contribution in [0.25, 0.3) is 0 Å². The molecule has 0 saturated carbocycles. The van der Waals surface area contributed by atoms with Crippen LogP contribution < -0.4 is 0 Å². The maximum atomic E-state index is 13.2. The predicted octanol–water partition coefficient (Wildman–Crippen LogP) is 1.47. The van der Waals surface area contributed by atoms with Crippen molar-refractivity contribution in [2.24, 2.45) is 0 Å². The van der Waals surface area contributed by atoms with Crippen molar-refractivity contribution < 1.29 is 17.9 Å².